The number of anilines is 1. The fourth-order valence-electron chi connectivity index (χ4n) is 1.61. The van der Waals surface area contributed by atoms with Crippen LogP contribution in [0.4, 0.5) is 5.13 Å². The molecule has 0 saturated heterocycles. The maximum Gasteiger partial charge on any atom is 0.202 e. The lowest BCUT2D eigenvalue weighted by atomic mass is 9.96. The highest BCUT2D eigenvalue weighted by Crippen LogP contribution is 2.34. The van der Waals surface area contributed by atoms with Crippen LogP contribution >= 0.6 is 11.5 Å². The Morgan fingerprint density at radius 1 is 1.50 bits per heavy atom. The summed E-state index contributed by atoms with van der Waals surface area (Å²) in [4.78, 5) is 4.52. The highest BCUT2D eigenvalue weighted by atomic mass is 32.1. The molecule has 0 aliphatic heterocycles. The molecule has 0 aromatic carbocycles. The summed E-state index contributed by atoms with van der Waals surface area (Å²) in [6.07, 6.45) is 2.58. The predicted octanol–water partition coefficient (Wildman–Crippen LogP) is 1.98. The second-order valence-corrected chi connectivity index (χ2v) is 6.25. The van der Waals surface area contributed by atoms with Crippen molar-refractivity contribution in [3.8, 4) is 0 Å². The third-order valence-corrected chi connectivity index (χ3v) is 3.50. The van der Waals surface area contributed by atoms with Crippen LogP contribution in [0.25, 0.3) is 0 Å². The summed E-state index contributed by atoms with van der Waals surface area (Å²) < 4.78 is 4.38. The summed E-state index contributed by atoms with van der Waals surface area (Å²) in [5.41, 5.74) is 5.77. The Kier molecular flexibility index (Phi) is 3.17. The van der Waals surface area contributed by atoms with Crippen molar-refractivity contribution in [2.45, 2.75) is 45.1 Å². The molecule has 90 valence electrons. The van der Waals surface area contributed by atoms with E-state index < -0.39 is 0 Å². The van der Waals surface area contributed by atoms with Gasteiger partial charge in [0.15, 0.2) is 0 Å². The molecule has 1 aromatic rings. The normalized spacial score (nSPS) is 18.5. The van der Waals surface area contributed by atoms with Crippen molar-refractivity contribution in [3.05, 3.63) is 5.82 Å². The highest BCUT2D eigenvalue weighted by molar-refractivity contribution is 7.09. The van der Waals surface area contributed by atoms with Gasteiger partial charge in [-0.05, 0) is 18.8 Å². The second-order valence-electron chi connectivity index (χ2n) is 5.50. The molecule has 1 atom stereocenters. The average Bonchev–Trinajstić information content (AvgIpc) is 2.92. The molecule has 0 spiro atoms. The van der Waals surface area contributed by atoms with E-state index in [0.29, 0.717) is 12.6 Å². The van der Waals surface area contributed by atoms with E-state index in [2.05, 4.69) is 35.4 Å². The number of nitrogens with two attached hydrogens (primary N) is 1. The fourth-order valence-corrected chi connectivity index (χ4v) is 2.43. The molecule has 1 unspecified atom stereocenters. The van der Waals surface area contributed by atoms with E-state index in [1.165, 1.54) is 24.4 Å². The van der Waals surface area contributed by atoms with Gasteiger partial charge in [-0.3, -0.25) is 0 Å². The van der Waals surface area contributed by atoms with Gasteiger partial charge in [-0.25, -0.2) is 4.98 Å². The van der Waals surface area contributed by atoms with Crippen LogP contribution in [0.15, 0.2) is 0 Å². The maximum absolute atomic E-state index is 5.75. The minimum atomic E-state index is 0.0220. The number of rotatable bonds is 4. The van der Waals surface area contributed by atoms with E-state index in [0.717, 1.165) is 16.9 Å². The van der Waals surface area contributed by atoms with Crippen LogP contribution < -0.4 is 11.1 Å². The van der Waals surface area contributed by atoms with Gasteiger partial charge in [0.1, 0.15) is 5.82 Å². The van der Waals surface area contributed by atoms with Gasteiger partial charge in [-0.2, -0.15) is 4.37 Å². The molecular formula is C11H20N4S. The van der Waals surface area contributed by atoms with E-state index in [-0.39, 0.29) is 5.41 Å². The molecule has 5 heteroatoms. The van der Waals surface area contributed by atoms with Crippen molar-refractivity contribution in [3.63, 3.8) is 0 Å². The Morgan fingerprint density at radius 2 is 2.19 bits per heavy atom. The van der Waals surface area contributed by atoms with E-state index in [1.807, 2.05) is 0 Å². The van der Waals surface area contributed by atoms with Gasteiger partial charge in [0, 0.05) is 29.5 Å². The Hall–Kier alpha value is -0.680. The molecule has 1 saturated carbocycles. The lowest BCUT2D eigenvalue weighted by molar-refractivity contribution is 0.554. The predicted molar refractivity (Wildman–Crippen MR) is 67.8 cm³/mol. The van der Waals surface area contributed by atoms with Crippen LogP contribution in [0.2, 0.25) is 0 Å². The van der Waals surface area contributed by atoms with E-state index >= 15 is 0 Å². The number of hydrogen-bond donors (Lipinski definition) is 2. The van der Waals surface area contributed by atoms with Crippen molar-refractivity contribution < 1.29 is 0 Å². The monoisotopic (exact) mass is 240 g/mol. The summed E-state index contributed by atoms with van der Waals surface area (Å²) in [5.74, 6) is 1.65. The van der Waals surface area contributed by atoms with Crippen molar-refractivity contribution in [1.29, 1.82) is 0 Å². The number of aromatic nitrogens is 2. The summed E-state index contributed by atoms with van der Waals surface area (Å²) in [7, 11) is 0. The first kappa shape index (κ1) is 11.8. The first-order chi connectivity index (χ1) is 7.50. The standard InChI is InChI=1S/C11H20N4S/c1-11(2,3)9-14-10(16-15-9)13-8(6-12)7-4-5-7/h7-8H,4-6,12H2,1-3H3,(H,13,14,15). The smallest absolute Gasteiger partial charge is 0.202 e. The minimum Gasteiger partial charge on any atom is -0.356 e. The first-order valence-corrected chi connectivity index (χ1v) is 6.59. The number of hydrogen-bond acceptors (Lipinski definition) is 5. The van der Waals surface area contributed by atoms with Crippen LogP contribution in [0.5, 0.6) is 0 Å². The average molecular weight is 240 g/mol. The van der Waals surface area contributed by atoms with E-state index in [9.17, 15) is 0 Å². The van der Waals surface area contributed by atoms with Gasteiger partial charge >= 0.3 is 0 Å². The molecule has 0 bridgehead atoms. The quantitative estimate of drug-likeness (QED) is 0.844. The molecule has 1 heterocycles. The molecule has 0 amide bonds. The zero-order valence-corrected chi connectivity index (χ0v) is 11.0. The Balaban J connectivity index is 2.01. The minimum absolute atomic E-state index is 0.0220. The van der Waals surface area contributed by atoms with Gasteiger partial charge in [-0.15, -0.1) is 0 Å². The molecule has 3 N–H and O–H groups in total. The maximum atomic E-state index is 5.75. The topological polar surface area (TPSA) is 63.8 Å². The zero-order chi connectivity index (χ0) is 11.8. The van der Waals surface area contributed by atoms with E-state index in [1.54, 1.807) is 0 Å². The lowest BCUT2D eigenvalue weighted by Gasteiger charge is -2.15. The molecule has 1 aliphatic carbocycles. The van der Waals surface area contributed by atoms with Gasteiger partial charge in [-0.1, -0.05) is 20.8 Å². The third-order valence-electron chi connectivity index (χ3n) is 2.85. The Bertz CT molecular complexity index is 351. The van der Waals surface area contributed by atoms with Gasteiger partial charge < -0.3 is 11.1 Å². The fraction of sp³-hybridized carbons (Fsp3) is 0.818. The van der Waals surface area contributed by atoms with Crippen molar-refractivity contribution >= 4 is 16.7 Å². The van der Waals surface area contributed by atoms with Gasteiger partial charge in [0.25, 0.3) is 0 Å². The molecule has 0 radical (unpaired) electrons. The summed E-state index contributed by atoms with van der Waals surface area (Å²) in [6, 6.07) is 0.376. The second kappa shape index (κ2) is 4.30. The molecule has 16 heavy (non-hydrogen) atoms. The van der Waals surface area contributed by atoms with Gasteiger partial charge in [0.05, 0.1) is 0 Å². The van der Waals surface area contributed by atoms with E-state index in [4.69, 9.17) is 5.73 Å². The zero-order valence-electron chi connectivity index (χ0n) is 10.2. The van der Waals surface area contributed by atoms with Crippen molar-refractivity contribution in [1.82, 2.24) is 9.36 Å². The summed E-state index contributed by atoms with van der Waals surface area (Å²) >= 11 is 1.44. The lowest BCUT2D eigenvalue weighted by Crippen LogP contribution is -2.30. The molecule has 2 rings (SSSR count). The summed E-state index contributed by atoms with van der Waals surface area (Å²) in [6.45, 7) is 7.05. The Morgan fingerprint density at radius 3 is 2.62 bits per heavy atom. The summed E-state index contributed by atoms with van der Waals surface area (Å²) in [5, 5.41) is 4.31. The molecule has 1 aliphatic rings. The molecule has 4 nitrogen and oxygen atoms in total. The van der Waals surface area contributed by atoms with Crippen molar-refractivity contribution in [2.75, 3.05) is 11.9 Å². The van der Waals surface area contributed by atoms with Crippen LogP contribution in [0.1, 0.15) is 39.4 Å². The Labute approximate surface area is 101 Å². The highest BCUT2D eigenvalue weighted by Gasteiger charge is 2.31. The molecular weight excluding hydrogens is 220 g/mol. The van der Waals surface area contributed by atoms with Gasteiger partial charge in [0.2, 0.25) is 5.13 Å². The third kappa shape index (κ3) is 2.71. The SMILES string of the molecule is CC(C)(C)c1nsc(NC(CN)C2CC2)n1. The largest absolute Gasteiger partial charge is 0.356 e. The number of nitrogens with one attached hydrogen (secondary N) is 1. The van der Waals surface area contributed by atoms with Crippen LogP contribution in [0, 0.1) is 5.92 Å². The van der Waals surface area contributed by atoms with Crippen molar-refractivity contribution in [2.24, 2.45) is 11.7 Å². The molecule has 1 fully saturated rings. The van der Waals surface area contributed by atoms with Crippen LogP contribution in [0.3, 0.4) is 0 Å². The first-order valence-electron chi connectivity index (χ1n) is 5.81. The van der Waals surface area contributed by atoms with Crippen LogP contribution in [-0.4, -0.2) is 21.9 Å². The number of nitrogens with zero attached hydrogens (tertiary/aromatic N) is 2. The van der Waals surface area contributed by atoms with Crippen LogP contribution in [-0.2, 0) is 5.41 Å². The molecule has 1 aromatic heterocycles.